The van der Waals surface area contributed by atoms with Crippen LogP contribution >= 0.6 is 11.3 Å². The molecule has 0 fully saturated rings. The van der Waals surface area contributed by atoms with Crippen LogP contribution in [0.4, 0.5) is 5.00 Å². The molecule has 0 unspecified atom stereocenters. The number of ether oxygens (including phenoxy) is 1. The van der Waals surface area contributed by atoms with E-state index in [1.165, 1.54) is 12.1 Å². The van der Waals surface area contributed by atoms with Gasteiger partial charge in [-0.15, -0.1) is 0 Å². The van der Waals surface area contributed by atoms with Gasteiger partial charge in [-0.1, -0.05) is 17.8 Å². The van der Waals surface area contributed by atoms with Gasteiger partial charge >= 0.3 is 11.0 Å². The zero-order valence-corrected chi connectivity index (χ0v) is 13.8. The molecule has 1 N–H and O–H groups in total. The summed E-state index contributed by atoms with van der Waals surface area (Å²) >= 11 is 1.01. The third kappa shape index (κ3) is 8.10. The average molecular weight is 340 g/mol. The molecule has 0 spiro atoms. The smallest absolute Gasteiger partial charge is 0.324 e. The van der Waals surface area contributed by atoms with Crippen molar-refractivity contribution in [2.75, 3.05) is 13.2 Å². The number of thiophene rings is 1. The Kier molecular flexibility index (Phi) is 8.59. The number of rotatable bonds is 10. The van der Waals surface area contributed by atoms with Gasteiger partial charge in [0.25, 0.3) is 0 Å². The Labute approximate surface area is 138 Å². The summed E-state index contributed by atoms with van der Waals surface area (Å²) in [6, 6.07) is 3.01. The molecule has 0 saturated heterocycles. The number of carbonyl (C=O) groups excluding carboxylic acids is 2. The number of hydrogen-bond acceptors (Lipinski definition) is 6. The van der Waals surface area contributed by atoms with Gasteiger partial charge in [-0.05, 0) is 31.9 Å². The number of nitrogens with zero attached hydrogens (tertiary/aromatic N) is 1. The molecule has 0 aliphatic heterocycles. The molecular weight excluding hydrogens is 320 g/mol. The summed E-state index contributed by atoms with van der Waals surface area (Å²) in [7, 11) is 0. The Bertz CT molecular complexity index is 568. The van der Waals surface area contributed by atoms with E-state index >= 15 is 0 Å². The van der Waals surface area contributed by atoms with Crippen molar-refractivity contribution < 1.29 is 19.2 Å². The van der Waals surface area contributed by atoms with Gasteiger partial charge in [-0.3, -0.25) is 19.7 Å². The summed E-state index contributed by atoms with van der Waals surface area (Å²) in [6.45, 7) is 2.69. The number of unbranched alkanes of at least 4 members (excludes halogenated alkanes) is 2. The summed E-state index contributed by atoms with van der Waals surface area (Å²) in [4.78, 5) is 33.4. The largest absolute Gasteiger partial charge is 0.466 e. The van der Waals surface area contributed by atoms with E-state index in [4.69, 9.17) is 4.74 Å². The Hall–Kier alpha value is -2.22. The summed E-state index contributed by atoms with van der Waals surface area (Å²) in [6.07, 6.45) is 5.66. The number of carbonyl (C=O) groups is 2. The van der Waals surface area contributed by atoms with E-state index in [2.05, 4.69) is 5.32 Å². The number of nitrogens with one attached hydrogen (secondary N) is 1. The number of amides is 1. The quantitative estimate of drug-likeness (QED) is 0.232. The lowest BCUT2D eigenvalue weighted by molar-refractivity contribution is -0.380. The monoisotopic (exact) mass is 340 g/mol. The van der Waals surface area contributed by atoms with Crippen molar-refractivity contribution in [1.82, 2.24) is 5.32 Å². The Morgan fingerprint density at radius 1 is 1.35 bits per heavy atom. The molecule has 7 nitrogen and oxygen atoms in total. The van der Waals surface area contributed by atoms with E-state index in [9.17, 15) is 19.7 Å². The summed E-state index contributed by atoms with van der Waals surface area (Å²) < 4.78 is 4.82. The lowest BCUT2D eigenvalue weighted by Gasteiger charge is -2.03. The van der Waals surface area contributed by atoms with E-state index in [-0.39, 0.29) is 16.9 Å². The van der Waals surface area contributed by atoms with Crippen LogP contribution in [0.2, 0.25) is 0 Å². The van der Waals surface area contributed by atoms with Crippen LogP contribution in [-0.4, -0.2) is 30.0 Å². The lowest BCUT2D eigenvalue weighted by Crippen LogP contribution is -2.22. The Morgan fingerprint density at radius 2 is 2.13 bits per heavy atom. The molecule has 1 aromatic rings. The summed E-state index contributed by atoms with van der Waals surface area (Å²) in [5, 5.41) is 13.3. The van der Waals surface area contributed by atoms with Gasteiger partial charge in [0.15, 0.2) is 0 Å². The molecule has 0 atom stereocenters. The topological polar surface area (TPSA) is 98.5 Å². The minimum absolute atomic E-state index is 0.0478. The zero-order valence-electron chi connectivity index (χ0n) is 12.9. The predicted octanol–water partition coefficient (Wildman–Crippen LogP) is 2.91. The van der Waals surface area contributed by atoms with Crippen LogP contribution in [0, 0.1) is 10.1 Å². The molecule has 1 rings (SSSR count). The third-order valence-corrected chi connectivity index (χ3v) is 3.86. The number of nitro groups is 1. The molecule has 0 radical (unpaired) electrons. The fourth-order valence-corrected chi connectivity index (χ4v) is 2.49. The van der Waals surface area contributed by atoms with E-state index in [1.807, 2.05) is 0 Å². The first-order valence-electron chi connectivity index (χ1n) is 7.38. The average Bonchev–Trinajstić information content (AvgIpc) is 2.98. The summed E-state index contributed by atoms with van der Waals surface area (Å²) in [5.74, 6) is -0.434. The highest BCUT2D eigenvalue weighted by atomic mass is 32.1. The van der Waals surface area contributed by atoms with Crippen molar-refractivity contribution in [3.8, 4) is 0 Å². The molecule has 0 aromatic carbocycles. The second kappa shape index (κ2) is 10.5. The van der Waals surface area contributed by atoms with Gasteiger partial charge in [0.2, 0.25) is 5.91 Å². The second-order valence-corrected chi connectivity index (χ2v) is 5.77. The fraction of sp³-hybridized carbons (Fsp3) is 0.467. The molecule has 0 saturated carbocycles. The van der Waals surface area contributed by atoms with Gasteiger partial charge in [0.05, 0.1) is 11.5 Å². The minimum atomic E-state index is -0.460. The first-order valence-corrected chi connectivity index (χ1v) is 8.20. The van der Waals surface area contributed by atoms with E-state index in [1.54, 1.807) is 19.1 Å². The van der Waals surface area contributed by atoms with E-state index in [0.717, 1.165) is 30.6 Å². The SMILES string of the molecule is CCOC(=O)CCCCCNC(=O)/C=C/c1ccc([N+](=O)[O-])s1. The van der Waals surface area contributed by atoms with Crippen LogP contribution in [-0.2, 0) is 14.3 Å². The molecule has 1 amide bonds. The third-order valence-electron chi connectivity index (χ3n) is 2.85. The van der Waals surface area contributed by atoms with Crippen molar-refractivity contribution in [2.24, 2.45) is 0 Å². The lowest BCUT2D eigenvalue weighted by atomic mass is 10.2. The molecule has 0 bridgehead atoms. The zero-order chi connectivity index (χ0) is 17.1. The highest BCUT2D eigenvalue weighted by molar-refractivity contribution is 7.16. The van der Waals surface area contributed by atoms with Crippen molar-refractivity contribution in [2.45, 2.75) is 32.6 Å². The maximum Gasteiger partial charge on any atom is 0.324 e. The van der Waals surface area contributed by atoms with Crippen LogP contribution in [0.1, 0.15) is 37.5 Å². The Balaban J connectivity index is 2.15. The highest BCUT2D eigenvalue weighted by Gasteiger charge is 2.07. The molecule has 1 heterocycles. The molecule has 1 aromatic heterocycles. The highest BCUT2D eigenvalue weighted by Crippen LogP contribution is 2.24. The first kappa shape index (κ1) is 18.8. The standard InChI is InChI=1S/C15H20N2O5S/c1-2-22-15(19)6-4-3-5-11-16-13(18)9-7-12-8-10-14(23-12)17(20)21/h7-10H,2-6,11H2,1H3,(H,16,18)/b9-7+. The van der Waals surface area contributed by atoms with Gasteiger partial charge in [0.1, 0.15) is 0 Å². The van der Waals surface area contributed by atoms with Gasteiger partial charge < -0.3 is 10.1 Å². The van der Waals surface area contributed by atoms with Crippen LogP contribution < -0.4 is 5.32 Å². The van der Waals surface area contributed by atoms with Crippen molar-refractivity contribution in [3.05, 3.63) is 33.2 Å². The summed E-state index contributed by atoms with van der Waals surface area (Å²) in [5.41, 5.74) is 0. The van der Waals surface area contributed by atoms with Crippen molar-refractivity contribution in [1.29, 1.82) is 0 Å². The predicted molar refractivity (Wildman–Crippen MR) is 88.1 cm³/mol. The Morgan fingerprint density at radius 3 is 2.78 bits per heavy atom. The first-order chi connectivity index (χ1) is 11.0. The maximum atomic E-state index is 11.6. The van der Waals surface area contributed by atoms with E-state index < -0.39 is 4.92 Å². The van der Waals surface area contributed by atoms with Gasteiger partial charge in [0, 0.05) is 30.0 Å². The van der Waals surface area contributed by atoms with Gasteiger partial charge in [-0.2, -0.15) is 0 Å². The normalized spacial score (nSPS) is 10.7. The van der Waals surface area contributed by atoms with Gasteiger partial charge in [-0.25, -0.2) is 0 Å². The molecule has 126 valence electrons. The molecule has 0 aliphatic carbocycles. The number of hydrogen-bond donors (Lipinski definition) is 1. The molecule has 8 heteroatoms. The minimum Gasteiger partial charge on any atom is -0.466 e. The van der Waals surface area contributed by atoms with Crippen LogP contribution in [0.25, 0.3) is 6.08 Å². The second-order valence-electron chi connectivity index (χ2n) is 4.67. The van der Waals surface area contributed by atoms with Crippen molar-refractivity contribution >= 4 is 34.3 Å². The molecule has 0 aliphatic rings. The fourth-order valence-electron chi connectivity index (χ4n) is 1.76. The van der Waals surface area contributed by atoms with Crippen LogP contribution in [0.5, 0.6) is 0 Å². The van der Waals surface area contributed by atoms with Crippen LogP contribution in [0.3, 0.4) is 0 Å². The maximum absolute atomic E-state index is 11.6. The molecule has 23 heavy (non-hydrogen) atoms. The molecular formula is C15H20N2O5S. The number of esters is 1. The van der Waals surface area contributed by atoms with Crippen LogP contribution in [0.15, 0.2) is 18.2 Å². The van der Waals surface area contributed by atoms with E-state index in [0.29, 0.717) is 24.4 Å². The van der Waals surface area contributed by atoms with Crippen molar-refractivity contribution in [3.63, 3.8) is 0 Å².